The molecule has 0 fully saturated rings. The number of hydrogen-bond acceptors (Lipinski definition) is 3. The highest BCUT2D eigenvalue weighted by Gasteiger charge is 2.08. The lowest BCUT2D eigenvalue weighted by atomic mass is 10.1. The molecule has 0 aromatic heterocycles. The average Bonchev–Trinajstić information content (AvgIpc) is 2.30. The quantitative estimate of drug-likeness (QED) is 0.737. The highest BCUT2D eigenvalue weighted by Crippen LogP contribution is 2.01. The zero-order valence-corrected chi connectivity index (χ0v) is 10.0. The van der Waals surface area contributed by atoms with Gasteiger partial charge in [-0.3, -0.25) is 0 Å². The van der Waals surface area contributed by atoms with E-state index in [1.54, 1.807) is 7.11 Å². The van der Waals surface area contributed by atoms with Crippen molar-refractivity contribution in [3.05, 3.63) is 35.9 Å². The molecule has 0 amide bonds. The smallest absolute Gasteiger partial charge is 0.0689 e. The molecule has 2 N–H and O–H groups in total. The Hall–Kier alpha value is -0.900. The van der Waals surface area contributed by atoms with Gasteiger partial charge in [0.25, 0.3) is 0 Å². The molecule has 2 atom stereocenters. The number of ether oxygens (including phenoxy) is 1. The van der Waals surface area contributed by atoms with Crippen LogP contribution < -0.4 is 5.32 Å². The third kappa shape index (κ3) is 5.26. The molecule has 0 saturated heterocycles. The fourth-order valence-electron chi connectivity index (χ4n) is 1.54. The van der Waals surface area contributed by atoms with Crippen LogP contribution in [0.15, 0.2) is 30.3 Å². The Morgan fingerprint density at radius 2 is 2.00 bits per heavy atom. The maximum absolute atomic E-state index is 9.69. The summed E-state index contributed by atoms with van der Waals surface area (Å²) in [7, 11) is 1.66. The Kier molecular flexibility index (Phi) is 6.08. The Morgan fingerprint density at radius 1 is 1.31 bits per heavy atom. The first-order valence-electron chi connectivity index (χ1n) is 5.68. The molecular formula is C13H21NO2. The predicted octanol–water partition coefficient (Wildman–Crippen LogP) is 1.56. The highest BCUT2D eigenvalue weighted by atomic mass is 16.5. The standard InChI is InChI=1S/C13H21NO2/c1-11(16-2)8-13(15)10-14-9-12-6-4-3-5-7-12/h3-7,11,13-15H,8-10H2,1-2H3. The summed E-state index contributed by atoms with van der Waals surface area (Å²) in [6.45, 7) is 3.35. The van der Waals surface area contributed by atoms with E-state index in [4.69, 9.17) is 4.74 Å². The van der Waals surface area contributed by atoms with Crippen molar-refractivity contribution in [3.63, 3.8) is 0 Å². The van der Waals surface area contributed by atoms with Crippen molar-refractivity contribution < 1.29 is 9.84 Å². The van der Waals surface area contributed by atoms with Crippen LogP contribution in [0.4, 0.5) is 0 Å². The minimum atomic E-state index is -0.348. The highest BCUT2D eigenvalue weighted by molar-refractivity contribution is 5.14. The number of aliphatic hydroxyl groups is 1. The summed E-state index contributed by atoms with van der Waals surface area (Å²) in [5, 5.41) is 12.9. The van der Waals surface area contributed by atoms with Gasteiger partial charge in [0, 0.05) is 26.6 Å². The normalized spacial score (nSPS) is 14.7. The van der Waals surface area contributed by atoms with Gasteiger partial charge in [0.1, 0.15) is 0 Å². The number of benzene rings is 1. The Balaban J connectivity index is 2.15. The van der Waals surface area contributed by atoms with Crippen LogP contribution in [0, 0.1) is 0 Å². The van der Waals surface area contributed by atoms with Gasteiger partial charge in [-0.1, -0.05) is 30.3 Å². The summed E-state index contributed by atoms with van der Waals surface area (Å²) in [6, 6.07) is 10.2. The second kappa shape index (κ2) is 7.39. The summed E-state index contributed by atoms with van der Waals surface area (Å²) >= 11 is 0. The molecule has 2 unspecified atom stereocenters. The predicted molar refractivity (Wildman–Crippen MR) is 65.2 cm³/mol. The molecule has 0 spiro atoms. The number of nitrogens with one attached hydrogen (secondary N) is 1. The first-order chi connectivity index (χ1) is 7.72. The van der Waals surface area contributed by atoms with Crippen LogP contribution in [0.5, 0.6) is 0 Å². The van der Waals surface area contributed by atoms with E-state index in [-0.39, 0.29) is 12.2 Å². The van der Waals surface area contributed by atoms with Gasteiger partial charge in [0.05, 0.1) is 12.2 Å². The van der Waals surface area contributed by atoms with Gasteiger partial charge in [-0.25, -0.2) is 0 Å². The van der Waals surface area contributed by atoms with E-state index in [1.807, 2.05) is 25.1 Å². The van der Waals surface area contributed by atoms with Crippen LogP contribution in [-0.4, -0.2) is 31.0 Å². The van der Waals surface area contributed by atoms with E-state index in [1.165, 1.54) is 5.56 Å². The van der Waals surface area contributed by atoms with E-state index < -0.39 is 0 Å². The molecule has 16 heavy (non-hydrogen) atoms. The molecule has 0 saturated carbocycles. The number of aliphatic hydroxyl groups excluding tert-OH is 1. The molecule has 1 rings (SSSR count). The summed E-state index contributed by atoms with van der Waals surface area (Å²) in [4.78, 5) is 0. The first-order valence-corrected chi connectivity index (χ1v) is 5.68. The van der Waals surface area contributed by atoms with Crippen LogP contribution in [0.25, 0.3) is 0 Å². The molecule has 0 heterocycles. The molecule has 90 valence electrons. The fraction of sp³-hybridized carbons (Fsp3) is 0.538. The number of rotatable bonds is 7. The van der Waals surface area contributed by atoms with Crippen LogP contribution in [0.3, 0.4) is 0 Å². The van der Waals surface area contributed by atoms with Crippen molar-refractivity contribution in [2.45, 2.75) is 32.1 Å². The third-order valence-corrected chi connectivity index (χ3v) is 2.56. The lowest BCUT2D eigenvalue weighted by Crippen LogP contribution is -2.29. The molecule has 1 aromatic rings. The summed E-state index contributed by atoms with van der Waals surface area (Å²) < 4.78 is 5.10. The van der Waals surface area contributed by atoms with Gasteiger partial charge in [-0.05, 0) is 12.5 Å². The monoisotopic (exact) mass is 223 g/mol. The molecule has 0 aliphatic heterocycles. The van der Waals surface area contributed by atoms with Gasteiger partial charge in [0.15, 0.2) is 0 Å². The lowest BCUT2D eigenvalue weighted by molar-refractivity contribution is 0.0562. The minimum absolute atomic E-state index is 0.105. The zero-order chi connectivity index (χ0) is 11.8. The molecule has 0 radical (unpaired) electrons. The second-order valence-electron chi connectivity index (χ2n) is 4.05. The van der Waals surface area contributed by atoms with E-state index in [2.05, 4.69) is 17.4 Å². The van der Waals surface area contributed by atoms with Crippen LogP contribution >= 0.6 is 0 Å². The van der Waals surface area contributed by atoms with Crippen LogP contribution in [0.1, 0.15) is 18.9 Å². The van der Waals surface area contributed by atoms with Gasteiger partial charge in [-0.15, -0.1) is 0 Å². The van der Waals surface area contributed by atoms with E-state index in [0.717, 1.165) is 6.54 Å². The van der Waals surface area contributed by atoms with Crippen molar-refractivity contribution in [2.75, 3.05) is 13.7 Å². The van der Waals surface area contributed by atoms with Crippen molar-refractivity contribution in [2.24, 2.45) is 0 Å². The SMILES string of the molecule is COC(C)CC(O)CNCc1ccccc1. The number of methoxy groups -OCH3 is 1. The van der Waals surface area contributed by atoms with E-state index >= 15 is 0 Å². The van der Waals surface area contributed by atoms with Crippen molar-refractivity contribution in [3.8, 4) is 0 Å². The molecule has 0 bridgehead atoms. The van der Waals surface area contributed by atoms with Gasteiger partial charge in [0.2, 0.25) is 0 Å². The molecule has 3 heteroatoms. The van der Waals surface area contributed by atoms with E-state index in [0.29, 0.717) is 13.0 Å². The maximum Gasteiger partial charge on any atom is 0.0689 e. The largest absolute Gasteiger partial charge is 0.392 e. The van der Waals surface area contributed by atoms with Gasteiger partial charge < -0.3 is 15.2 Å². The minimum Gasteiger partial charge on any atom is -0.392 e. The molecule has 0 aliphatic rings. The summed E-state index contributed by atoms with van der Waals surface area (Å²) in [5.41, 5.74) is 1.23. The molecular weight excluding hydrogens is 202 g/mol. The van der Waals surface area contributed by atoms with Crippen molar-refractivity contribution in [1.82, 2.24) is 5.32 Å². The Bertz CT molecular complexity index is 277. The van der Waals surface area contributed by atoms with Crippen molar-refractivity contribution >= 4 is 0 Å². The molecule has 1 aromatic carbocycles. The van der Waals surface area contributed by atoms with Crippen LogP contribution in [-0.2, 0) is 11.3 Å². The number of hydrogen-bond donors (Lipinski definition) is 2. The zero-order valence-electron chi connectivity index (χ0n) is 10.0. The van der Waals surface area contributed by atoms with Crippen molar-refractivity contribution in [1.29, 1.82) is 0 Å². The maximum atomic E-state index is 9.69. The third-order valence-electron chi connectivity index (χ3n) is 2.56. The van der Waals surface area contributed by atoms with Crippen LogP contribution in [0.2, 0.25) is 0 Å². The fourth-order valence-corrected chi connectivity index (χ4v) is 1.54. The summed E-state index contributed by atoms with van der Waals surface area (Å²) in [6.07, 6.45) is 0.422. The lowest BCUT2D eigenvalue weighted by Gasteiger charge is -2.15. The average molecular weight is 223 g/mol. The second-order valence-corrected chi connectivity index (χ2v) is 4.05. The summed E-state index contributed by atoms with van der Waals surface area (Å²) in [5.74, 6) is 0. The Morgan fingerprint density at radius 3 is 2.62 bits per heavy atom. The molecule has 3 nitrogen and oxygen atoms in total. The van der Waals surface area contributed by atoms with Gasteiger partial charge >= 0.3 is 0 Å². The first kappa shape index (κ1) is 13.2. The Labute approximate surface area is 97.4 Å². The molecule has 0 aliphatic carbocycles. The van der Waals surface area contributed by atoms with E-state index in [9.17, 15) is 5.11 Å². The topological polar surface area (TPSA) is 41.5 Å². The van der Waals surface area contributed by atoms with Gasteiger partial charge in [-0.2, -0.15) is 0 Å².